The van der Waals surface area contributed by atoms with Gasteiger partial charge in [-0.1, -0.05) is 41.6 Å². The molecule has 0 N–H and O–H groups in total. The van der Waals surface area contributed by atoms with Gasteiger partial charge in [0.25, 0.3) is 5.78 Å². The highest BCUT2D eigenvalue weighted by molar-refractivity contribution is 7.98. The lowest BCUT2D eigenvalue weighted by Gasteiger charge is -2.03. The number of esters is 1. The Labute approximate surface area is 191 Å². The molecule has 0 saturated heterocycles. The summed E-state index contributed by atoms with van der Waals surface area (Å²) in [5, 5.41) is 18.1. The summed E-state index contributed by atoms with van der Waals surface area (Å²) in [6.07, 6.45) is -0.0922. The van der Waals surface area contributed by atoms with Crippen LogP contribution in [0.5, 0.6) is 0 Å². The van der Waals surface area contributed by atoms with Gasteiger partial charge >= 0.3 is 5.97 Å². The molecule has 5 rings (SSSR count). The highest BCUT2D eigenvalue weighted by atomic mass is 32.2. The largest absolute Gasteiger partial charge is 0.469 e. The molecule has 0 unspecified atom stereocenters. The number of hydrogen-bond acceptors (Lipinski definition) is 8. The molecule has 9 nitrogen and oxygen atoms in total. The van der Waals surface area contributed by atoms with Crippen molar-refractivity contribution in [2.75, 3.05) is 7.11 Å². The molecular weight excluding hydrogens is 445 g/mol. The highest BCUT2D eigenvalue weighted by Gasteiger charge is 2.22. The van der Waals surface area contributed by atoms with E-state index < -0.39 is 5.97 Å². The predicted molar refractivity (Wildman–Crippen MR) is 120 cm³/mol. The summed E-state index contributed by atoms with van der Waals surface area (Å²) < 4.78 is 21.4. The number of aryl methyl sites for hydroxylation is 1. The normalized spacial score (nSPS) is 11.4. The van der Waals surface area contributed by atoms with E-state index in [9.17, 15) is 9.18 Å². The van der Waals surface area contributed by atoms with E-state index in [1.54, 1.807) is 16.8 Å². The molecule has 0 atom stereocenters. The van der Waals surface area contributed by atoms with Crippen LogP contribution in [-0.4, -0.2) is 47.7 Å². The topological polar surface area (TPSA) is 100 Å². The van der Waals surface area contributed by atoms with Gasteiger partial charge in [0, 0.05) is 5.75 Å². The zero-order valence-corrected chi connectivity index (χ0v) is 18.6. The maximum Gasteiger partial charge on any atom is 0.311 e. The van der Waals surface area contributed by atoms with Crippen LogP contribution in [0.2, 0.25) is 0 Å². The minimum absolute atomic E-state index is 0.0922. The van der Waals surface area contributed by atoms with Gasteiger partial charge in [-0.2, -0.15) is 14.6 Å². The van der Waals surface area contributed by atoms with Crippen molar-refractivity contribution in [2.24, 2.45) is 0 Å². The lowest BCUT2D eigenvalue weighted by Crippen LogP contribution is -2.06. The van der Waals surface area contributed by atoms with Crippen LogP contribution >= 0.6 is 11.8 Å². The van der Waals surface area contributed by atoms with Crippen LogP contribution in [0.3, 0.4) is 0 Å². The minimum Gasteiger partial charge on any atom is -0.469 e. The van der Waals surface area contributed by atoms with Crippen molar-refractivity contribution in [3.8, 4) is 5.69 Å². The van der Waals surface area contributed by atoms with Crippen LogP contribution in [0.4, 0.5) is 4.39 Å². The van der Waals surface area contributed by atoms with Gasteiger partial charge in [-0.25, -0.2) is 9.07 Å². The molecule has 33 heavy (non-hydrogen) atoms. The minimum atomic E-state index is -0.463. The number of aromatic nitrogens is 7. The van der Waals surface area contributed by atoms with Gasteiger partial charge in [0.2, 0.25) is 5.16 Å². The van der Waals surface area contributed by atoms with Crippen LogP contribution in [0.15, 0.2) is 53.7 Å². The van der Waals surface area contributed by atoms with Gasteiger partial charge in [-0.05, 0) is 36.8 Å². The third-order valence-electron chi connectivity index (χ3n) is 5.02. The van der Waals surface area contributed by atoms with Crippen LogP contribution in [-0.2, 0) is 21.7 Å². The molecule has 0 aliphatic heterocycles. The first-order valence-corrected chi connectivity index (χ1v) is 11.0. The van der Waals surface area contributed by atoms with Crippen LogP contribution in [0, 0.1) is 12.7 Å². The van der Waals surface area contributed by atoms with E-state index in [1.807, 2.05) is 6.92 Å². The van der Waals surface area contributed by atoms with E-state index >= 15 is 0 Å². The summed E-state index contributed by atoms with van der Waals surface area (Å²) in [5.41, 5.74) is 4.16. The summed E-state index contributed by atoms with van der Waals surface area (Å²) in [4.78, 5) is 16.4. The molecule has 0 saturated carbocycles. The first-order valence-electron chi connectivity index (χ1n) is 10.0. The number of rotatable bonds is 6. The molecule has 0 aliphatic carbocycles. The first kappa shape index (κ1) is 21.0. The quantitative estimate of drug-likeness (QED) is 0.279. The third kappa shape index (κ3) is 4.14. The first-order chi connectivity index (χ1) is 16.0. The Bertz CT molecular complexity index is 1460. The molecule has 2 aromatic carbocycles. The molecule has 3 heterocycles. The van der Waals surface area contributed by atoms with E-state index in [0.29, 0.717) is 39.2 Å². The fraction of sp³-hybridized carbons (Fsp3) is 0.182. The van der Waals surface area contributed by atoms with Crippen molar-refractivity contribution < 1.29 is 13.9 Å². The smallest absolute Gasteiger partial charge is 0.311 e. The van der Waals surface area contributed by atoms with E-state index in [4.69, 9.17) is 4.74 Å². The molecule has 3 aromatic heterocycles. The third-order valence-corrected chi connectivity index (χ3v) is 5.93. The van der Waals surface area contributed by atoms with E-state index in [2.05, 4.69) is 49.6 Å². The van der Waals surface area contributed by atoms with Crippen molar-refractivity contribution in [2.45, 2.75) is 24.3 Å². The number of methoxy groups -OCH3 is 1. The molecule has 0 aliphatic rings. The zero-order valence-electron chi connectivity index (χ0n) is 17.8. The summed E-state index contributed by atoms with van der Waals surface area (Å²) in [5.74, 6) is 0.154. The fourth-order valence-corrected chi connectivity index (χ4v) is 4.08. The molecule has 0 radical (unpaired) electrons. The summed E-state index contributed by atoms with van der Waals surface area (Å²) >= 11 is 1.47. The summed E-state index contributed by atoms with van der Waals surface area (Å²) in [6, 6.07) is 14.1. The lowest BCUT2D eigenvalue weighted by atomic mass is 10.2. The number of carbonyl (C=O) groups is 1. The summed E-state index contributed by atoms with van der Waals surface area (Å²) in [6.45, 7) is 2.04. The second-order valence-electron chi connectivity index (χ2n) is 7.34. The molecule has 11 heteroatoms. The Hall–Kier alpha value is -3.86. The maximum absolute atomic E-state index is 13.5. The molecule has 0 fully saturated rings. The standard InChI is InChI=1S/C22H18FN7O2S/c1-13-3-5-14(6-4-13)12-33-22-24-21-26-25-19-17(11-18(31)32-2)27-29(20(19)30(21)28-22)16-9-7-15(23)8-10-16/h3-10H,11-12H2,1-2H3. The molecule has 5 aromatic rings. The predicted octanol–water partition coefficient (Wildman–Crippen LogP) is 3.31. The number of halogens is 1. The number of benzene rings is 2. The Kier molecular flexibility index (Phi) is 5.47. The second kappa shape index (κ2) is 8.58. The van der Waals surface area contributed by atoms with Gasteiger partial charge in [0.15, 0.2) is 11.2 Å². The monoisotopic (exact) mass is 463 g/mol. The Morgan fingerprint density at radius 1 is 1.06 bits per heavy atom. The van der Waals surface area contributed by atoms with Crippen LogP contribution < -0.4 is 0 Å². The number of thioether (sulfide) groups is 1. The SMILES string of the molecule is COC(=O)Cc1nn(-c2ccc(F)cc2)c2c1nnc1nc(SCc3ccc(C)cc3)nn12. The highest BCUT2D eigenvalue weighted by Crippen LogP contribution is 2.24. The van der Waals surface area contributed by atoms with Crippen molar-refractivity contribution >= 4 is 34.7 Å². The van der Waals surface area contributed by atoms with Crippen molar-refractivity contribution in [1.29, 1.82) is 0 Å². The maximum atomic E-state index is 13.5. The molecule has 166 valence electrons. The van der Waals surface area contributed by atoms with Crippen molar-refractivity contribution in [3.63, 3.8) is 0 Å². The number of nitrogens with zero attached hydrogens (tertiary/aromatic N) is 7. The van der Waals surface area contributed by atoms with Crippen LogP contribution in [0.1, 0.15) is 16.8 Å². The molecule has 0 amide bonds. The van der Waals surface area contributed by atoms with Crippen molar-refractivity contribution in [3.05, 3.63) is 71.2 Å². The molecule has 0 spiro atoms. The van der Waals surface area contributed by atoms with Gasteiger partial charge in [-0.15, -0.1) is 15.3 Å². The Morgan fingerprint density at radius 2 is 1.82 bits per heavy atom. The summed E-state index contributed by atoms with van der Waals surface area (Å²) in [7, 11) is 1.31. The van der Waals surface area contributed by atoms with E-state index in [1.165, 1.54) is 41.1 Å². The molecule has 0 bridgehead atoms. The number of fused-ring (bicyclic) bond motifs is 3. The van der Waals surface area contributed by atoms with E-state index in [-0.39, 0.29) is 12.2 Å². The number of hydrogen-bond donors (Lipinski definition) is 0. The number of carbonyl (C=O) groups excluding carboxylic acids is 1. The molecular formula is C22H18FN7O2S. The average molecular weight is 463 g/mol. The van der Waals surface area contributed by atoms with Gasteiger partial charge in [-0.3, -0.25) is 4.79 Å². The van der Waals surface area contributed by atoms with Gasteiger partial charge in [0.05, 0.1) is 19.2 Å². The van der Waals surface area contributed by atoms with E-state index in [0.717, 1.165) is 5.56 Å². The number of ether oxygens (including phenoxy) is 1. The Morgan fingerprint density at radius 3 is 2.55 bits per heavy atom. The zero-order chi connectivity index (χ0) is 22.9. The van der Waals surface area contributed by atoms with Crippen molar-refractivity contribution in [1.82, 2.24) is 34.6 Å². The fourth-order valence-electron chi connectivity index (χ4n) is 3.31. The Balaban J connectivity index is 1.59. The van der Waals surface area contributed by atoms with Gasteiger partial charge in [0.1, 0.15) is 11.5 Å². The average Bonchev–Trinajstić information content (AvgIpc) is 3.40. The van der Waals surface area contributed by atoms with Gasteiger partial charge < -0.3 is 4.74 Å². The second-order valence-corrected chi connectivity index (χ2v) is 8.28. The van der Waals surface area contributed by atoms with Crippen LogP contribution in [0.25, 0.3) is 22.6 Å². The lowest BCUT2D eigenvalue weighted by molar-refractivity contribution is -0.139.